The molecule has 9 unspecified atom stereocenters. The van der Waals surface area contributed by atoms with Gasteiger partial charge in [-0.15, -0.1) is 0 Å². The highest BCUT2D eigenvalue weighted by molar-refractivity contribution is 8.76. The van der Waals surface area contributed by atoms with Gasteiger partial charge >= 0.3 is 11.9 Å². The number of carboxylic acid groups (broad SMARTS) is 2. The van der Waals surface area contributed by atoms with Crippen LogP contribution in [0.1, 0.15) is 136 Å². The molecule has 2 aliphatic heterocycles. The Balaban J connectivity index is 1.85. The number of primary amides is 2. The molecule has 1 aromatic carbocycles. The Labute approximate surface area is 553 Å². The number of nitrogens with two attached hydrogens (primary N) is 5. The number of unbranched alkanes of at least 4 members (excludes halogenated alkanes) is 2. The van der Waals surface area contributed by atoms with Gasteiger partial charge in [0.2, 0.25) is 65.0 Å². The van der Waals surface area contributed by atoms with E-state index in [4.69, 9.17) is 28.7 Å². The number of aromatic amines is 1. The van der Waals surface area contributed by atoms with Crippen molar-refractivity contribution >= 4 is 115 Å². The Hall–Kier alpha value is -7.88. The molecule has 0 bridgehead atoms. The van der Waals surface area contributed by atoms with Crippen LogP contribution in [0.4, 0.5) is 0 Å². The van der Waals surface area contributed by atoms with Crippen LogP contribution in [-0.4, -0.2) is 194 Å². The van der Waals surface area contributed by atoms with E-state index in [1.54, 1.807) is 58.2 Å². The molecule has 2 aromatic rings. The third-order valence-corrected chi connectivity index (χ3v) is 18.8. The molecule has 11 amide bonds. The van der Waals surface area contributed by atoms with Crippen molar-refractivity contribution in [2.45, 2.75) is 197 Å². The molecule has 31 nitrogen and oxygen atoms in total. The number of rotatable bonds is 23. The van der Waals surface area contributed by atoms with E-state index in [9.17, 15) is 77.3 Å². The van der Waals surface area contributed by atoms with Crippen LogP contribution >= 0.6 is 21.6 Å². The van der Waals surface area contributed by atoms with Crippen LogP contribution in [0.2, 0.25) is 0 Å². The molecule has 0 spiro atoms. The molecule has 2 aliphatic rings. The summed E-state index contributed by atoms with van der Waals surface area (Å²) in [7, 11) is 1.82. The van der Waals surface area contributed by atoms with Gasteiger partial charge in [-0.2, -0.15) is 0 Å². The smallest absolute Gasteiger partial charge is 0.327 e. The van der Waals surface area contributed by atoms with Crippen molar-refractivity contribution in [3.63, 3.8) is 0 Å². The summed E-state index contributed by atoms with van der Waals surface area (Å²) in [6, 6.07) is -7.80. The summed E-state index contributed by atoms with van der Waals surface area (Å²) in [5.41, 5.74) is 30.3. The monoisotopic (exact) mass is 1360 g/mol. The average molecular weight is 1360 g/mol. The number of aliphatic carboxylic acids is 2. The van der Waals surface area contributed by atoms with Crippen molar-refractivity contribution in [1.29, 1.82) is 0 Å². The molecule has 0 radical (unpaired) electrons. The van der Waals surface area contributed by atoms with E-state index >= 15 is 0 Å². The van der Waals surface area contributed by atoms with Crippen LogP contribution in [0.25, 0.3) is 10.9 Å². The predicted octanol–water partition coefficient (Wildman–Crippen LogP) is -1.68. The van der Waals surface area contributed by atoms with Crippen LogP contribution in [0.3, 0.4) is 0 Å². The van der Waals surface area contributed by atoms with Crippen molar-refractivity contribution in [1.82, 2.24) is 52.4 Å². The van der Waals surface area contributed by atoms with E-state index in [-0.39, 0.29) is 101 Å². The minimum atomic E-state index is -1.83. The second-order valence-electron chi connectivity index (χ2n) is 24.2. The van der Waals surface area contributed by atoms with Crippen LogP contribution in [0, 0.1) is 17.8 Å². The quantitative estimate of drug-likeness (QED) is 0.0436. The van der Waals surface area contributed by atoms with E-state index in [2.05, 4.69) is 47.5 Å². The van der Waals surface area contributed by atoms with E-state index in [1.807, 2.05) is 0 Å². The van der Waals surface area contributed by atoms with Gasteiger partial charge in [-0.05, 0) is 101 Å². The fraction of sp³-hybridized carbons (Fsp3) is 0.639. The molecule has 21 N–H and O–H groups in total. The Morgan fingerprint density at radius 2 is 1.17 bits per heavy atom. The number of carboxylic acids is 2. The summed E-state index contributed by atoms with van der Waals surface area (Å²) in [5, 5.41) is 41.5. The fourth-order valence-corrected chi connectivity index (χ4v) is 13.1. The summed E-state index contributed by atoms with van der Waals surface area (Å²) in [6.45, 7) is 7.17. The maximum absolute atomic E-state index is 15.0. The lowest BCUT2D eigenvalue weighted by atomic mass is 9.90. The van der Waals surface area contributed by atoms with Crippen LogP contribution in [0.5, 0.6) is 0 Å². The van der Waals surface area contributed by atoms with Crippen LogP contribution in [0.15, 0.2) is 30.5 Å². The Morgan fingerprint density at radius 3 is 1.80 bits per heavy atom. The molecule has 94 heavy (non-hydrogen) atoms. The number of carbonyl (C=O) groups excluding carboxylic acids is 12. The van der Waals surface area contributed by atoms with Crippen molar-refractivity contribution in [2.24, 2.45) is 46.4 Å². The van der Waals surface area contributed by atoms with Crippen molar-refractivity contribution in [3.05, 3.63) is 36.0 Å². The maximum Gasteiger partial charge on any atom is 0.327 e. The number of ketones is 1. The number of hydrogen-bond acceptors (Lipinski definition) is 19. The SMILES string of the molecule is CCC(C)[C@H]1NC(=O)C(CCC(N)=O)NC(=O)[C@H](N)CSSC[C@H](C(=O)O)NC(=O)C(CC(C)C)NC(=O)C(CC(=O)O)NC(=O)C2CCCN2C(=O)C(CCCCN)CC(=O)C(CCC(N)=O)NC(=O)C(CCCCN)NC(=O)C(Cc2c[nH]c3ccccc23)NC1=O. The van der Waals surface area contributed by atoms with Crippen molar-refractivity contribution < 1.29 is 77.3 Å². The summed E-state index contributed by atoms with van der Waals surface area (Å²) in [4.78, 5) is 198. The molecule has 0 saturated carbocycles. The molecule has 2 saturated heterocycles. The van der Waals surface area contributed by atoms with E-state index in [1.165, 1.54) is 4.90 Å². The normalized spacial score (nSPS) is 25.6. The standard InChI is InChI=1S/C61H95N15O16S2/c1-5-33(4)51-59(89)73-43(26-35-29-67-38-15-7-6-14-36(35)38)56(86)70-40(16-9-11-23-63)53(83)68-39(18-20-48(65)78)47(77)27-34(13-8-10-22-62)60(90)76-24-12-17-46(76)58(88)72-44(28-50(80)81)57(87)71-42(25-32(2)3)55(85)74-45(61(91)92)31-94-93-30-37(64)52(82)69-41(54(84)75-51)19-21-49(66)79/h6-7,14-15,29,32-34,37,39-46,51,67H,5,8-13,16-28,30-31,62-64H2,1-4H3,(H2,65,78)(H2,66,79)(H,68,83)(H,69,82)(H,70,86)(H,71,87)(H,72,88)(H,73,89)(H,74,85)(H,75,84)(H,80,81)(H,91,92)/t33?,34?,37-,39?,40?,41?,42?,43?,44?,45-,46?,51-/m1/s1. The minimum absolute atomic E-state index is 0.00578. The van der Waals surface area contributed by atoms with Gasteiger partial charge in [0.1, 0.15) is 48.3 Å². The van der Waals surface area contributed by atoms with Crippen LogP contribution < -0.4 is 71.2 Å². The number of benzene rings is 1. The Bertz CT molecular complexity index is 2990. The Kier molecular flexibility index (Phi) is 33.2. The fourth-order valence-electron chi connectivity index (χ4n) is 10.8. The zero-order valence-electron chi connectivity index (χ0n) is 53.7. The number of nitrogens with zero attached hydrogens (tertiary/aromatic N) is 1. The number of Topliss-reactive ketones (excluding diaryl/α,β-unsaturated/α-hetero) is 1. The van der Waals surface area contributed by atoms with Gasteiger partial charge in [0.25, 0.3) is 0 Å². The first-order valence-corrected chi connectivity index (χ1v) is 34.3. The first kappa shape index (κ1) is 78.6. The van der Waals surface area contributed by atoms with Gasteiger partial charge in [-0.25, -0.2) is 4.79 Å². The second kappa shape index (κ2) is 39.7. The zero-order valence-corrected chi connectivity index (χ0v) is 55.3. The Morgan fingerprint density at radius 1 is 0.628 bits per heavy atom. The molecule has 2 fully saturated rings. The molecule has 1 aromatic heterocycles. The lowest BCUT2D eigenvalue weighted by Gasteiger charge is -2.30. The highest BCUT2D eigenvalue weighted by atomic mass is 33.1. The molecular weight excluding hydrogens is 1260 g/mol. The third-order valence-electron chi connectivity index (χ3n) is 16.3. The van der Waals surface area contributed by atoms with E-state index in [0.29, 0.717) is 35.7 Å². The summed E-state index contributed by atoms with van der Waals surface area (Å²) < 4.78 is 0. The molecular formula is C61H95N15O16S2. The van der Waals surface area contributed by atoms with Gasteiger partial charge in [-0.3, -0.25) is 62.3 Å². The first-order chi connectivity index (χ1) is 44.6. The predicted molar refractivity (Wildman–Crippen MR) is 350 cm³/mol. The number of H-pyrrole nitrogens is 1. The third kappa shape index (κ3) is 25.4. The summed E-state index contributed by atoms with van der Waals surface area (Å²) in [6.07, 6.45) is 0.226. The zero-order chi connectivity index (χ0) is 69.8. The number of carbonyl (C=O) groups is 14. The highest BCUT2D eigenvalue weighted by Crippen LogP contribution is 2.27. The topological polar surface area (TPSA) is 525 Å². The number of amides is 11. The number of fused-ring (bicyclic) bond motifs is 2. The van der Waals surface area contributed by atoms with E-state index < -0.39 is 181 Å². The van der Waals surface area contributed by atoms with Crippen molar-refractivity contribution in [3.8, 4) is 0 Å². The molecule has 522 valence electrons. The molecule has 12 atom stereocenters. The summed E-state index contributed by atoms with van der Waals surface area (Å²) >= 11 is 0. The molecule has 4 rings (SSSR count). The lowest BCUT2D eigenvalue weighted by Crippen LogP contribution is -2.61. The lowest BCUT2D eigenvalue weighted by molar-refractivity contribution is -0.145. The maximum atomic E-state index is 15.0. The van der Waals surface area contributed by atoms with Gasteiger partial charge in [-0.1, -0.05) is 80.3 Å². The van der Waals surface area contributed by atoms with Gasteiger partial charge in [0.15, 0.2) is 5.78 Å². The van der Waals surface area contributed by atoms with Gasteiger partial charge in [0.05, 0.1) is 18.5 Å². The highest BCUT2D eigenvalue weighted by Gasteiger charge is 2.42. The van der Waals surface area contributed by atoms with Crippen LogP contribution in [-0.2, 0) is 73.5 Å². The number of aromatic nitrogens is 1. The minimum Gasteiger partial charge on any atom is -0.481 e. The van der Waals surface area contributed by atoms with Gasteiger partial charge < -0.3 is 91.3 Å². The van der Waals surface area contributed by atoms with Crippen molar-refractivity contribution in [2.75, 3.05) is 31.1 Å². The average Bonchev–Trinajstić information content (AvgIpc) is 1.64. The number of hydrogen-bond donors (Lipinski definition) is 16. The largest absolute Gasteiger partial charge is 0.481 e. The molecule has 3 heterocycles. The summed E-state index contributed by atoms with van der Waals surface area (Å²) in [5.74, 6) is -16.3. The first-order valence-electron chi connectivity index (χ1n) is 31.8. The number of nitrogens with one attached hydrogen (secondary N) is 9. The molecule has 33 heteroatoms. The number of para-hydroxylation sites is 1. The molecule has 0 aliphatic carbocycles. The van der Waals surface area contributed by atoms with Gasteiger partial charge in [0, 0.05) is 66.8 Å². The second-order valence-corrected chi connectivity index (χ2v) is 26.8. The van der Waals surface area contributed by atoms with E-state index in [0.717, 1.165) is 21.6 Å².